The van der Waals surface area contributed by atoms with Crippen molar-refractivity contribution in [1.29, 1.82) is 0 Å². The number of nitrogens with zero attached hydrogens (tertiary/aromatic N) is 4. The molecule has 0 N–H and O–H groups in total. The maximum absolute atomic E-state index is 12.7. The molecule has 0 atom stereocenters. The third-order valence-electron chi connectivity index (χ3n) is 5.41. The zero-order valence-electron chi connectivity index (χ0n) is 15.7. The van der Waals surface area contributed by atoms with Crippen LogP contribution in [-0.2, 0) is 13.6 Å². The monoisotopic (exact) mass is 340 g/mol. The minimum Gasteiger partial charge on any atom is -0.337 e. The summed E-state index contributed by atoms with van der Waals surface area (Å²) in [6.45, 7) is 7.18. The molecule has 1 aromatic heterocycles. The molecule has 2 heterocycles. The van der Waals surface area contributed by atoms with Crippen LogP contribution in [0.2, 0.25) is 0 Å². The Hall–Kier alpha value is -2.14. The van der Waals surface area contributed by atoms with Gasteiger partial charge in [0, 0.05) is 45.5 Å². The van der Waals surface area contributed by atoms with Gasteiger partial charge in [0.05, 0.1) is 0 Å². The minimum atomic E-state index is 0.0288. The lowest BCUT2D eigenvalue weighted by Gasteiger charge is -2.36. The molecule has 134 valence electrons. The molecule has 0 unspecified atom stereocenters. The standard InChI is InChI=1S/C20H28N4O/c1-15-7-5-6-8-17(15)14-24-11-9-18(10-12-24)22(3)20(25)19-13-16(2)23(4)21-19/h5-8,13,18H,9-12,14H2,1-4H3. The number of rotatable bonds is 4. The molecule has 25 heavy (non-hydrogen) atoms. The van der Waals surface area contributed by atoms with Gasteiger partial charge in [0.25, 0.3) is 5.91 Å². The Morgan fingerprint density at radius 2 is 1.92 bits per heavy atom. The van der Waals surface area contributed by atoms with Crippen molar-refractivity contribution < 1.29 is 4.79 Å². The molecule has 1 aromatic carbocycles. The normalized spacial score (nSPS) is 16.2. The molecule has 0 radical (unpaired) electrons. The third-order valence-corrected chi connectivity index (χ3v) is 5.41. The summed E-state index contributed by atoms with van der Waals surface area (Å²) in [6, 6.07) is 10.7. The molecule has 1 amide bonds. The van der Waals surface area contributed by atoms with Gasteiger partial charge in [-0.2, -0.15) is 5.10 Å². The molecule has 5 heteroatoms. The lowest BCUT2D eigenvalue weighted by atomic mass is 10.0. The first-order chi connectivity index (χ1) is 12.0. The van der Waals surface area contributed by atoms with E-state index in [0.717, 1.165) is 38.2 Å². The summed E-state index contributed by atoms with van der Waals surface area (Å²) in [5, 5.41) is 4.32. The number of aryl methyl sites for hydroxylation is 3. The largest absolute Gasteiger partial charge is 0.337 e. The summed E-state index contributed by atoms with van der Waals surface area (Å²) in [7, 11) is 3.78. The summed E-state index contributed by atoms with van der Waals surface area (Å²) in [6.07, 6.45) is 2.03. The molecule has 1 aliphatic heterocycles. The smallest absolute Gasteiger partial charge is 0.274 e. The van der Waals surface area contributed by atoms with Gasteiger partial charge >= 0.3 is 0 Å². The van der Waals surface area contributed by atoms with Crippen LogP contribution in [0.1, 0.15) is 40.2 Å². The molecule has 0 aliphatic carbocycles. The van der Waals surface area contributed by atoms with E-state index in [2.05, 4.69) is 41.2 Å². The van der Waals surface area contributed by atoms with Crippen molar-refractivity contribution in [1.82, 2.24) is 19.6 Å². The highest BCUT2D eigenvalue weighted by Crippen LogP contribution is 2.20. The predicted molar refractivity (Wildman–Crippen MR) is 99.5 cm³/mol. The highest BCUT2D eigenvalue weighted by atomic mass is 16.2. The van der Waals surface area contributed by atoms with Crippen molar-refractivity contribution in [3.05, 3.63) is 52.8 Å². The molecule has 1 aliphatic rings. The van der Waals surface area contributed by atoms with Gasteiger partial charge in [-0.15, -0.1) is 0 Å². The number of likely N-dealkylation sites (tertiary alicyclic amines) is 1. The highest BCUT2D eigenvalue weighted by Gasteiger charge is 2.27. The number of carbonyl (C=O) groups excluding carboxylic acids is 1. The van der Waals surface area contributed by atoms with E-state index in [1.807, 2.05) is 32.0 Å². The topological polar surface area (TPSA) is 41.4 Å². The summed E-state index contributed by atoms with van der Waals surface area (Å²) in [5.74, 6) is 0.0288. The summed E-state index contributed by atoms with van der Waals surface area (Å²) >= 11 is 0. The molecular weight excluding hydrogens is 312 g/mol. The molecule has 1 fully saturated rings. The molecule has 0 spiro atoms. The predicted octanol–water partition coefficient (Wildman–Crippen LogP) is 2.77. The van der Waals surface area contributed by atoms with E-state index in [-0.39, 0.29) is 5.91 Å². The number of piperidine rings is 1. The zero-order chi connectivity index (χ0) is 18.0. The van der Waals surface area contributed by atoms with Gasteiger partial charge in [-0.3, -0.25) is 14.4 Å². The molecule has 3 rings (SSSR count). The van der Waals surface area contributed by atoms with Gasteiger partial charge < -0.3 is 4.90 Å². The SMILES string of the molecule is Cc1ccccc1CN1CCC(N(C)C(=O)c2cc(C)n(C)n2)CC1. The Labute approximate surface area is 150 Å². The third kappa shape index (κ3) is 3.93. The van der Waals surface area contributed by atoms with Crippen LogP contribution in [0.15, 0.2) is 30.3 Å². The van der Waals surface area contributed by atoms with Gasteiger partial charge in [0.15, 0.2) is 5.69 Å². The van der Waals surface area contributed by atoms with E-state index in [1.54, 1.807) is 4.68 Å². The fraction of sp³-hybridized carbons (Fsp3) is 0.500. The minimum absolute atomic E-state index is 0.0288. The van der Waals surface area contributed by atoms with Crippen LogP contribution >= 0.6 is 0 Å². The Morgan fingerprint density at radius 3 is 2.52 bits per heavy atom. The number of amides is 1. The van der Waals surface area contributed by atoms with Gasteiger partial charge in [0.1, 0.15) is 0 Å². The van der Waals surface area contributed by atoms with Crippen LogP contribution in [-0.4, -0.2) is 51.7 Å². The van der Waals surface area contributed by atoms with Crippen molar-refractivity contribution in [2.75, 3.05) is 20.1 Å². The summed E-state index contributed by atoms with van der Waals surface area (Å²) < 4.78 is 1.76. The van der Waals surface area contributed by atoms with Crippen molar-refractivity contribution in [3.63, 3.8) is 0 Å². The van der Waals surface area contributed by atoms with Crippen molar-refractivity contribution >= 4 is 5.91 Å². The first-order valence-electron chi connectivity index (χ1n) is 9.00. The van der Waals surface area contributed by atoms with Crippen molar-refractivity contribution in [3.8, 4) is 0 Å². The molecule has 0 saturated carbocycles. The van der Waals surface area contributed by atoms with E-state index < -0.39 is 0 Å². The lowest BCUT2D eigenvalue weighted by Crippen LogP contribution is -2.45. The van der Waals surface area contributed by atoms with E-state index in [9.17, 15) is 4.79 Å². The first kappa shape index (κ1) is 17.7. The van der Waals surface area contributed by atoms with Crippen LogP contribution < -0.4 is 0 Å². The molecule has 2 aromatic rings. The van der Waals surface area contributed by atoms with Crippen LogP contribution in [0.5, 0.6) is 0 Å². The Morgan fingerprint density at radius 1 is 1.24 bits per heavy atom. The van der Waals surface area contributed by atoms with E-state index in [1.165, 1.54) is 11.1 Å². The molecule has 1 saturated heterocycles. The summed E-state index contributed by atoms with van der Waals surface area (Å²) in [4.78, 5) is 17.0. The molecular formula is C20H28N4O. The average Bonchev–Trinajstić information content (AvgIpc) is 2.95. The van der Waals surface area contributed by atoms with E-state index in [0.29, 0.717) is 11.7 Å². The Bertz CT molecular complexity index is 724. The second kappa shape index (κ2) is 7.40. The number of carbonyl (C=O) groups is 1. The van der Waals surface area contributed by atoms with Crippen LogP contribution in [0.4, 0.5) is 0 Å². The maximum atomic E-state index is 12.7. The highest BCUT2D eigenvalue weighted by molar-refractivity contribution is 5.92. The Kier molecular flexibility index (Phi) is 5.23. The fourth-order valence-corrected chi connectivity index (χ4v) is 3.50. The van der Waals surface area contributed by atoms with Crippen LogP contribution in [0.25, 0.3) is 0 Å². The number of hydrogen-bond donors (Lipinski definition) is 0. The van der Waals surface area contributed by atoms with Crippen molar-refractivity contribution in [2.24, 2.45) is 7.05 Å². The Balaban J connectivity index is 1.56. The van der Waals surface area contributed by atoms with Gasteiger partial charge in [-0.05, 0) is 43.9 Å². The van der Waals surface area contributed by atoms with Crippen LogP contribution in [0, 0.1) is 13.8 Å². The number of benzene rings is 1. The van der Waals surface area contributed by atoms with E-state index in [4.69, 9.17) is 0 Å². The fourth-order valence-electron chi connectivity index (χ4n) is 3.50. The maximum Gasteiger partial charge on any atom is 0.274 e. The van der Waals surface area contributed by atoms with Gasteiger partial charge in [0.2, 0.25) is 0 Å². The molecule has 5 nitrogen and oxygen atoms in total. The summed E-state index contributed by atoms with van der Waals surface area (Å²) in [5.41, 5.74) is 4.30. The second-order valence-corrected chi connectivity index (χ2v) is 7.14. The van der Waals surface area contributed by atoms with E-state index >= 15 is 0 Å². The van der Waals surface area contributed by atoms with Crippen LogP contribution in [0.3, 0.4) is 0 Å². The first-order valence-corrected chi connectivity index (χ1v) is 9.00. The van der Waals surface area contributed by atoms with Gasteiger partial charge in [-0.25, -0.2) is 0 Å². The average molecular weight is 340 g/mol. The van der Waals surface area contributed by atoms with Gasteiger partial charge in [-0.1, -0.05) is 24.3 Å². The second-order valence-electron chi connectivity index (χ2n) is 7.14. The number of aromatic nitrogens is 2. The van der Waals surface area contributed by atoms with Crippen molar-refractivity contribution in [2.45, 2.75) is 39.3 Å². The number of hydrogen-bond acceptors (Lipinski definition) is 3. The molecule has 0 bridgehead atoms. The quantitative estimate of drug-likeness (QED) is 0.859. The lowest BCUT2D eigenvalue weighted by molar-refractivity contribution is 0.0630. The zero-order valence-corrected chi connectivity index (χ0v) is 15.7.